The van der Waals surface area contributed by atoms with E-state index in [-0.39, 0.29) is 5.82 Å². The Kier molecular flexibility index (Phi) is 4.92. The Morgan fingerprint density at radius 1 is 1.33 bits per heavy atom. The summed E-state index contributed by atoms with van der Waals surface area (Å²) in [5.41, 5.74) is 0.842. The lowest BCUT2D eigenvalue weighted by Gasteiger charge is -2.06. The Morgan fingerprint density at radius 3 is 2.86 bits per heavy atom. The molecule has 1 aromatic heterocycles. The van der Waals surface area contributed by atoms with Crippen LogP contribution in [0.1, 0.15) is 30.9 Å². The molecule has 0 bridgehead atoms. The van der Waals surface area contributed by atoms with Crippen molar-refractivity contribution in [3.63, 3.8) is 0 Å². The molecule has 0 N–H and O–H groups in total. The van der Waals surface area contributed by atoms with E-state index in [1.54, 1.807) is 18.7 Å². The number of rotatable bonds is 6. The van der Waals surface area contributed by atoms with E-state index in [1.165, 1.54) is 0 Å². The van der Waals surface area contributed by atoms with Gasteiger partial charge in [-0.25, -0.2) is 14.5 Å². The summed E-state index contributed by atoms with van der Waals surface area (Å²) in [7, 11) is 1.74. The highest BCUT2D eigenvalue weighted by atomic mass is 16.5. The van der Waals surface area contributed by atoms with E-state index in [0.29, 0.717) is 19.0 Å². The van der Waals surface area contributed by atoms with Crippen molar-refractivity contribution in [2.24, 2.45) is 7.05 Å². The van der Waals surface area contributed by atoms with E-state index in [2.05, 4.69) is 17.0 Å². The van der Waals surface area contributed by atoms with Gasteiger partial charge in [0.2, 0.25) is 0 Å². The number of hydrogen-bond donors (Lipinski definition) is 0. The summed E-state index contributed by atoms with van der Waals surface area (Å²) >= 11 is 0. The molecule has 0 amide bonds. The summed E-state index contributed by atoms with van der Waals surface area (Å²) in [5.74, 6) is 0.919. The van der Waals surface area contributed by atoms with Crippen molar-refractivity contribution in [1.82, 2.24) is 14.8 Å². The summed E-state index contributed by atoms with van der Waals surface area (Å²) in [5, 5.41) is 4.09. The standard InChI is InChI=1S/C15H19N3O3/c1-4-9-21-12-8-6-7-11(10-12)14-16-13(17-18(14)3)15(19)20-5-2/h6-8,10H,4-5,9H2,1-3H3. The minimum atomic E-state index is -0.516. The number of benzene rings is 1. The molecule has 0 unspecified atom stereocenters. The van der Waals surface area contributed by atoms with E-state index in [0.717, 1.165) is 17.7 Å². The van der Waals surface area contributed by atoms with Gasteiger partial charge in [0.05, 0.1) is 13.2 Å². The zero-order valence-electron chi connectivity index (χ0n) is 12.5. The average Bonchev–Trinajstić information content (AvgIpc) is 2.88. The number of ether oxygens (including phenoxy) is 2. The number of carbonyl (C=O) groups is 1. The first-order chi connectivity index (χ1) is 10.2. The highest BCUT2D eigenvalue weighted by Gasteiger charge is 2.17. The van der Waals surface area contributed by atoms with Crippen LogP contribution in [0.3, 0.4) is 0 Å². The van der Waals surface area contributed by atoms with Gasteiger partial charge in [0.1, 0.15) is 5.75 Å². The SMILES string of the molecule is CCCOc1cccc(-c2nc(C(=O)OCC)nn2C)c1. The lowest BCUT2D eigenvalue weighted by molar-refractivity contribution is 0.0512. The van der Waals surface area contributed by atoms with Crippen molar-refractivity contribution in [3.8, 4) is 17.1 Å². The summed E-state index contributed by atoms with van der Waals surface area (Å²) in [6, 6.07) is 7.56. The maximum Gasteiger partial charge on any atom is 0.378 e. The van der Waals surface area contributed by atoms with Gasteiger partial charge in [-0.05, 0) is 25.5 Å². The topological polar surface area (TPSA) is 66.2 Å². The van der Waals surface area contributed by atoms with Crippen LogP contribution in [0.5, 0.6) is 5.75 Å². The molecule has 0 saturated heterocycles. The predicted molar refractivity (Wildman–Crippen MR) is 78.2 cm³/mol. The predicted octanol–water partition coefficient (Wildman–Crippen LogP) is 2.45. The van der Waals surface area contributed by atoms with E-state index >= 15 is 0 Å². The first kappa shape index (κ1) is 15.0. The molecule has 1 heterocycles. The Balaban J connectivity index is 2.27. The lowest BCUT2D eigenvalue weighted by atomic mass is 10.2. The molecule has 0 spiro atoms. The average molecular weight is 289 g/mol. The summed E-state index contributed by atoms with van der Waals surface area (Å²) in [4.78, 5) is 15.9. The van der Waals surface area contributed by atoms with Crippen molar-refractivity contribution in [2.45, 2.75) is 20.3 Å². The van der Waals surface area contributed by atoms with Gasteiger partial charge in [0.15, 0.2) is 5.82 Å². The lowest BCUT2D eigenvalue weighted by Crippen LogP contribution is -2.07. The molecular weight excluding hydrogens is 270 g/mol. The van der Waals surface area contributed by atoms with Gasteiger partial charge in [0, 0.05) is 12.6 Å². The summed E-state index contributed by atoms with van der Waals surface area (Å²) in [6.45, 7) is 4.76. The van der Waals surface area contributed by atoms with Crippen LogP contribution >= 0.6 is 0 Å². The second kappa shape index (κ2) is 6.88. The molecule has 1 aromatic carbocycles. The Morgan fingerprint density at radius 2 is 2.14 bits per heavy atom. The van der Waals surface area contributed by atoms with Gasteiger partial charge in [-0.3, -0.25) is 0 Å². The maximum absolute atomic E-state index is 11.7. The highest BCUT2D eigenvalue weighted by molar-refractivity contribution is 5.85. The number of esters is 1. The molecule has 2 rings (SSSR count). The third-order valence-corrected chi connectivity index (χ3v) is 2.79. The number of aryl methyl sites for hydroxylation is 1. The minimum Gasteiger partial charge on any atom is -0.494 e. The third-order valence-electron chi connectivity index (χ3n) is 2.79. The minimum absolute atomic E-state index is 0.0641. The molecule has 2 aromatic rings. The first-order valence-electron chi connectivity index (χ1n) is 6.97. The fourth-order valence-electron chi connectivity index (χ4n) is 1.86. The Hall–Kier alpha value is -2.37. The molecule has 0 aliphatic carbocycles. The van der Waals surface area contributed by atoms with Crippen LogP contribution in [0.15, 0.2) is 24.3 Å². The van der Waals surface area contributed by atoms with Crippen molar-refractivity contribution in [2.75, 3.05) is 13.2 Å². The van der Waals surface area contributed by atoms with Crippen LogP contribution in [0.4, 0.5) is 0 Å². The van der Waals surface area contributed by atoms with Crippen LogP contribution in [-0.4, -0.2) is 33.9 Å². The molecular formula is C15H19N3O3. The van der Waals surface area contributed by atoms with Crippen LogP contribution in [-0.2, 0) is 11.8 Å². The molecule has 0 fully saturated rings. The van der Waals surface area contributed by atoms with Crippen molar-refractivity contribution < 1.29 is 14.3 Å². The van der Waals surface area contributed by atoms with Crippen molar-refractivity contribution in [3.05, 3.63) is 30.1 Å². The normalized spacial score (nSPS) is 10.4. The van der Waals surface area contributed by atoms with Crippen LogP contribution in [0, 0.1) is 0 Å². The van der Waals surface area contributed by atoms with E-state index in [1.807, 2.05) is 24.3 Å². The fraction of sp³-hybridized carbons (Fsp3) is 0.400. The Labute approximate surface area is 123 Å². The zero-order chi connectivity index (χ0) is 15.2. The van der Waals surface area contributed by atoms with E-state index in [9.17, 15) is 4.79 Å². The Bertz CT molecular complexity index is 622. The second-order valence-electron chi connectivity index (χ2n) is 4.48. The molecule has 6 nitrogen and oxygen atoms in total. The first-order valence-corrected chi connectivity index (χ1v) is 6.97. The van der Waals surface area contributed by atoms with Crippen LogP contribution < -0.4 is 4.74 Å². The van der Waals surface area contributed by atoms with Gasteiger partial charge in [0.25, 0.3) is 5.82 Å². The quantitative estimate of drug-likeness (QED) is 0.764. The van der Waals surface area contributed by atoms with Crippen molar-refractivity contribution in [1.29, 1.82) is 0 Å². The maximum atomic E-state index is 11.7. The molecule has 0 aliphatic rings. The van der Waals surface area contributed by atoms with Gasteiger partial charge >= 0.3 is 5.97 Å². The monoisotopic (exact) mass is 289 g/mol. The molecule has 0 aliphatic heterocycles. The molecule has 112 valence electrons. The zero-order valence-corrected chi connectivity index (χ0v) is 12.5. The van der Waals surface area contributed by atoms with Crippen LogP contribution in [0.25, 0.3) is 11.4 Å². The fourth-order valence-corrected chi connectivity index (χ4v) is 1.86. The van der Waals surface area contributed by atoms with Crippen LogP contribution in [0.2, 0.25) is 0 Å². The van der Waals surface area contributed by atoms with Gasteiger partial charge < -0.3 is 9.47 Å². The largest absolute Gasteiger partial charge is 0.494 e. The van der Waals surface area contributed by atoms with E-state index < -0.39 is 5.97 Å². The number of hydrogen-bond acceptors (Lipinski definition) is 5. The van der Waals surface area contributed by atoms with Crippen molar-refractivity contribution >= 4 is 5.97 Å². The molecule has 0 saturated carbocycles. The molecule has 21 heavy (non-hydrogen) atoms. The van der Waals surface area contributed by atoms with Gasteiger partial charge in [-0.15, -0.1) is 5.10 Å². The summed E-state index contributed by atoms with van der Waals surface area (Å²) < 4.78 is 12.1. The highest BCUT2D eigenvalue weighted by Crippen LogP contribution is 2.22. The number of aromatic nitrogens is 3. The molecule has 0 atom stereocenters. The second-order valence-corrected chi connectivity index (χ2v) is 4.48. The molecule has 0 radical (unpaired) electrons. The number of carbonyl (C=O) groups excluding carboxylic acids is 1. The van der Waals surface area contributed by atoms with E-state index in [4.69, 9.17) is 9.47 Å². The van der Waals surface area contributed by atoms with Gasteiger partial charge in [-0.2, -0.15) is 0 Å². The summed E-state index contributed by atoms with van der Waals surface area (Å²) in [6.07, 6.45) is 0.946. The van der Waals surface area contributed by atoms with Gasteiger partial charge in [-0.1, -0.05) is 19.1 Å². The number of nitrogens with zero attached hydrogens (tertiary/aromatic N) is 3. The third kappa shape index (κ3) is 3.59. The smallest absolute Gasteiger partial charge is 0.378 e. The molecule has 6 heteroatoms.